The van der Waals surface area contributed by atoms with E-state index in [1.807, 2.05) is 6.07 Å². The van der Waals surface area contributed by atoms with Crippen molar-refractivity contribution in [1.29, 1.82) is 0 Å². The Kier molecular flexibility index (Phi) is 4.26. The van der Waals surface area contributed by atoms with Gasteiger partial charge in [0.15, 0.2) is 0 Å². The topological polar surface area (TPSA) is 88.4 Å². The van der Waals surface area contributed by atoms with E-state index in [1.54, 1.807) is 18.2 Å². The quantitative estimate of drug-likeness (QED) is 0.853. The lowest BCUT2D eigenvalue weighted by Crippen LogP contribution is -2.31. The molecule has 0 unspecified atom stereocenters. The number of nitrogens with zero attached hydrogens (tertiary/aromatic N) is 1. The molecular weight excluding hydrogens is 348 g/mol. The van der Waals surface area contributed by atoms with E-state index in [9.17, 15) is 13.2 Å². The van der Waals surface area contributed by atoms with Crippen LogP contribution < -0.4 is 4.72 Å². The highest BCUT2D eigenvalue weighted by atomic mass is 79.9. The molecule has 2 aromatic rings. The van der Waals surface area contributed by atoms with Crippen molar-refractivity contribution in [2.24, 2.45) is 0 Å². The van der Waals surface area contributed by atoms with Crippen molar-refractivity contribution in [1.82, 2.24) is 8.69 Å². The van der Waals surface area contributed by atoms with Crippen LogP contribution in [0, 0.1) is 0 Å². The fraction of sp³-hybridized carbons (Fsp3) is 0.0833. The van der Waals surface area contributed by atoms with Crippen LogP contribution in [0.4, 0.5) is 0 Å². The number of halogens is 1. The van der Waals surface area contributed by atoms with E-state index < -0.39 is 16.2 Å². The molecule has 20 heavy (non-hydrogen) atoms. The number of carbonyl (C=O) groups is 1. The summed E-state index contributed by atoms with van der Waals surface area (Å²) < 4.78 is 28.0. The number of rotatable bonds is 5. The first-order valence-electron chi connectivity index (χ1n) is 5.55. The van der Waals surface area contributed by atoms with Gasteiger partial charge < -0.3 is 5.11 Å². The summed E-state index contributed by atoms with van der Waals surface area (Å²) in [5, 5.41) is 8.92. The smallest absolute Gasteiger partial charge is 0.353 e. The molecule has 6 nitrogen and oxygen atoms in total. The molecule has 0 aliphatic rings. The van der Waals surface area contributed by atoms with Crippen LogP contribution in [0.2, 0.25) is 0 Å². The Hall–Kier alpha value is -1.64. The average molecular weight is 359 g/mol. The zero-order chi connectivity index (χ0) is 14.8. The third-order valence-electron chi connectivity index (χ3n) is 2.54. The first-order valence-corrected chi connectivity index (χ1v) is 7.79. The first kappa shape index (κ1) is 14.8. The Morgan fingerprint density at radius 3 is 2.70 bits per heavy atom. The minimum Gasteiger partial charge on any atom is -0.477 e. The molecule has 1 aromatic heterocycles. The molecule has 0 saturated heterocycles. The second kappa shape index (κ2) is 5.78. The van der Waals surface area contributed by atoms with Crippen molar-refractivity contribution >= 4 is 32.1 Å². The molecule has 1 aromatic carbocycles. The van der Waals surface area contributed by atoms with E-state index in [-0.39, 0.29) is 12.2 Å². The number of nitrogens with one attached hydrogen (secondary N) is 1. The number of carboxylic acids is 1. The standard InChI is InChI=1S/C12H11BrN2O4S/c13-10-4-1-3-9(7-10)8-14-20(18,19)15-6-2-5-11(15)12(16)17/h1-7,14H,8H2,(H,16,17). The summed E-state index contributed by atoms with van der Waals surface area (Å²) in [6.45, 7) is 0.0685. The Bertz CT molecular complexity index is 739. The Morgan fingerprint density at radius 1 is 1.30 bits per heavy atom. The molecule has 1 heterocycles. The van der Waals surface area contributed by atoms with Gasteiger partial charge in [-0.25, -0.2) is 8.77 Å². The molecule has 0 atom stereocenters. The lowest BCUT2D eigenvalue weighted by molar-refractivity contribution is 0.0689. The van der Waals surface area contributed by atoms with Gasteiger partial charge >= 0.3 is 16.2 Å². The highest BCUT2D eigenvalue weighted by Gasteiger charge is 2.19. The van der Waals surface area contributed by atoms with Crippen molar-refractivity contribution < 1.29 is 18.3 Å². The summed E-state index contributed by atoms with van der Waals surface area (Å²) in [5.41, 5.74) is 0.443. The monoisotopic (exact) mass is 358 g/mol. The van der Waals surface area contributed by atoms with Crippen molar-refractivity contribution in [3.05, 3.63) is 58.3 Å². The van der Waals surface area contributed by atoms with Crippen molar-refractivity contribution in [3.8, 4) is 0 Å². The molecule has 0 fully saturated rings. The van der Waals surface area contributed by atoms with E-state index >= 15 is 0 Å². The van der Waals surface area contributed by atoms with Gasteiger partial charge in [-0.1, -0.05) is 28.1 Å². The fourth-order valence-corrected chi connectivity index (χ4v) is 3.20. The molecule has 0 radical (unpaired) electrons. The Morgan fingerprint density at radius 2 is 2.05 bits per heavy atom. The molecule has 0 bridgehead atoms. The van der Waals surface area contributed by atoms with Gasteiger partial charge in [0.1, 0.15) is 5.69 Å². The zero-order valence-corrected chi connectivity index (χ0v) is 12.6. The molecule has 2 N–H and O–H groups in total. The lowest BCUT2D eigenvalue weighted by Gasteiger charge is -2.09. The second-order valence-electron chi connectivity index (χ2n) is 3.95. The van der Waals surface area contributed by atoms with Crippen LogP contribution in [0.25, 0.3) is 0 Å². The van der Waals surface area contributed by atoms with Crippen molar-refractivity contribution in [2.45, 2.75) is 6.54 Å². The summed E-state index contributed by atoms with van der Waals surface area (Å²) >= 11 is 3.29. The van der Waals surface area contributed by atoms with Gasteiger partial charge in [0.25, 0.3) is 0 Å². The van der Waals surface area contributed by atoms with E-state index in [2.05, 4.69) is 20.7 Å². The molecule has 2 rings (SSSR count). The number of hydrogen-bond acceptors (Lipinski definition) is 3. The highest BCUT2D eigenvalue weighted by molar-refractivity contribution is 9.10. The molecule has 0 spiro atoms. The van der Waals surface area contributed by atoms with Crippen LogP contribution >= 0.6 is 15.9 Å². The van der Waals surface area contributed by atoms with Crippen LogP contribution in [-0.2, 0) is 16.8 Å². The fourth-order valence-electron chi connectivity index (χ4n) is 1.63. The van der Waals surface area contributed by atoms with E-state index in [1.165, 1.54) is 18.3 Å². The van der Waals surface area contributed by atoms with Crippen LogP contribution in [0.15, 0.2) is 47.1 Å². The van der Waals surface area contributed by atoms with Crippen molar-refractivity contribution in [3.63, 3.8) is 0 Å². The van der Waals surface area contributed by atoms with Crippen LogP contribution in [0.3, 0.4) is 0 Å². The zero-order valence-electron chi connectivity index (χ0n) is 10.2. The summed E-state index contributed by atoms with van der Waals surface area (Å²) in [6.07, 6.45) is 1.19. The Balaban J connectivity index is 2.19. The van der Waals surface area contributed by atoms with Gasteiger partial charge in [0, 0.05) is 17.2 Å². The van der Waals surface area contributed by atoms with Gasteiger partial charge in [-0.3, -0.25) is 0 Å². The maximum absolute atomic E-state index is 12.1. The van der Waals surface area contributed by atoms with E-state index in [0.717, 1.165) is 10.0 Å². The highest BCUT2D eigenvalue weighted by Crippen LogP contribution is 2.12. The summed E-state index contributed by atoms with van der Waals surface area (Å²) in [5.74, 6) is -1.30. The SMILES string of the molecule is O=C(O)c1cccn1S(=O)(=O)NCc1cccc(Br)c1. The molecule has 0 amide bonds. The maximum atomic E-state index is 12.1. The predicted octanol–water partition coefficient (Wildman–Crippen LogP) is 1.83. The Labute approximate surface area is 124 Å². The normalized spacial score (nSPS) is 11.4. The number of aromatic nitrogens is 1. The number of hydrogen-bond donors (Lipinski definition) is 2. The average Bonchev–Trinajstić information content (AvgIpc) is 2.87. The number of benzene rings is 1. The summed E-state index contributed by atoms with van der Waals surface area (Å²) in [6, 6.07) is 9.73. The van der Waals surface area contributed by atoms with Gasteiger partial charge in [-0.2, -0.15) is 13.1 Å². The molecular formula is C12H11BrN2O4S. The third-order valence-corrected chi connectivity index (χ3v) is 4.38. The molecule has 8 heteroatoms. The number of carboxylic acid groups (broad SMARTS) is 1. The van der Waals surface area contributed by atoms with E-state index in [0.29, 0.717) is 3.97 Å². The first-order chi connectivity index (χ1) is 9.40. The number of aromatic carboxylic acids is 1. The van der Waals surface area contributed by atoms with E-state index in [4.69, 9.17) is 5.11 Å². The molecule has 0 aliphatic carbocycles. The minimum atomic E-state index is -3.93. The van der Waals surface area contributed by atoms with Crippen molar-refractivity contribution in [2.75, 3.05) is 0 Å². The van der Waals surface area contributed by atoms with Gasteiger partial charge in [-0.15, -0.1) is 0 Å². The second-order valence-corrected chi connectivity index (χ2v) is 6.50. The third kappa shape index (κ3) is 3.27. The van der Waals surface area contributed by atoms with Gasteiger partial charge in [-0.05, 0) is 29.8 Å². The van der Waals surface area contributed by atoms with Crippen LogP contribution in [0.1, 0.15) is 16.1 Å². The maximum Gasteiger partial charge on any atom is 0.353 e. The van der Waals surface area contributed by atoms with Gasteiger partial charge in [0.05, 0.1) is 0 Å². The van der Waals surface area contributed by atoms with Crippen LogP contribution in [0.5, 0.6) is 0 Å². The summed E-state index contributed by atoms with van der Waals surface area (Å²) in [4.78, 5) is 10.9. The predicted molar refractivity (Wildman–Crippen MR) is 76.7 cm³/mol. The molecule has 106 valence electrons. The molecule has 0 saturated carbocycles. The lowest BCUT2D eigenvalue weighted by atomic mass is 10.2. The van der Waals surface area contributed by atoms with Crippen LogP contribution in [-0.4, -0.2) is 23.5 Å². The largest absolute Gasteiger partial charge is 0.477 e. The van der Waals surface area contributed by atoms with Gasteiger partial charge in [0.2, 0.25) is 0 Å². The minimum absolute atomic E-state index is 0.0685. The summed E-state index contributed by atoms with van der Waals surface area (Å²) in [7, 11) is -3.93. The molecule has 0 aliphatic heterocycles.